The topological polar surface area (TPSA) is 101 Å². The van der Waals surface area contributed by atoms with Gasteiger partial charge in [0.15, 0.2) is 0 Å². The third-order valence-electron chi connectivity index (χ3n) is 3.67. The van der Waals surface area contributed by atoms with Gasteiger partial charge >= 0.3 is 0 Å². The highest BCUT2D eigenvalue weighted by Crippen LogP contribution is 2.26. The number of nitro benzene ring substituents is 1. The standard InChI is InChI=1S/C19H21N3O4S/c1-12(2)10-18(23)20-13-4-6-14(7-5-13)21-19(24)16-11-15(27-3)8-9-17(16)22(25)26/h4-9,11-12H,10H2,1-3H3,(H,20,23)(H,21,24). The summed E-state index contributed by atoms with van der Waals surface area (Å²) in [5.74, 6) is -0.378. The molecular weight excluding hydrogens is 366 g/mol. The molecule has 2 N–H and O–H groups in total. The van der Waals surface area contributed by atoms with Gasteiger partial charge in [0.1, 0.15) is 5.56 Å². The predicted octanol–water partition coefficient (Wildman–Crippen LogP) is 4.55. The first-order valence-electron chi connectivity index (χ1n) is 8.34. The summed E-state index contributed by atoms with van der Waals surface area (Å²) in [5, 5.41) is 16.6. The molecule has 0 aliphatic carbocycles. The van der Waals surface area contributed by atoms with Gasteiger partial charge in [-0.1, -0.05) is 13.8 Å². The number of thioether (sulfide) groups is 1. The molecule has 27 heavy (non-hydrogen) atoms. The van der Waals surface area contributed by atoms with Gasteiger partial charge in [-0.05, 0) is 48.6 Å². The van der Waals surface area contributed by atoms with Crippen molar-refractivity contribution in [1.29, 1.82) is 0 Å². The van der Waals surface area contributed by atoms with Crippen LogP contribution in [0, 0.1) is 16.0 Å². The highest BCUT2D eigenvalue weighted by Gasteiger charge is 2.20. The average molecular weight is 387 g/mol. The SMILES string of the molecule is CSc1ccc([N+](=O)[O-])c(C(=O)Nc2ccc(NC(=O)CC(C)C)cc2)c1. The Morgan fingerprint density at radius 1 is 1.07 bits per heavy atom. The van der Waals surface area contributed by atoms with E-state index in [-0.39, 0.29) is 23.1 Å². The van der Waals surface area contributed by atoms with Gasteiger partial charge in [0, 0.05) is 28.8 Å². The number of amides is 2. The Morgan fingerprint density at radius 3 is 2.19 bits per heavy atom. The number of benzene rings is 2. The van der Waals surface area contributed by atoms with Crippen LogP contribution in [0.3, 0.4) is 0 Å². The summed E-state index contributed by atoms with van der Waals surface area (Å²) in [6, 6.07) is 11.0. The van der Waals surface area contributed by atoms with Crippen molar-refractivity contribution in [3.8, 4) is 0 Å². The molecule has 2 rings (SSSR count). The molecule has 0 unspecified atom stereocenters. The van der Waals surface area contributed by atoms with E-state index in [4.69, 9.17) is 0 Å². The fourth-order valence-electron chi connectivity index (χ4n) is 2.40. The minimum Gasteiger partial charge on any atom is -0.326 e. The Kier molecular flexibility index (Phi) is 6.95. The lowest BCUT2D eigenvalue weighted by atomic mass is 10.1. The Morgan fingerprint density at radius 2 is 1.67 bits per heavy atom. The second-order valence-corrected chi connectivity index (χ2v) is 7.20. The second-order valence-electron chi connectivity index (χ2n) is 6.32. The van der Waals surface area contributed by atoms with Gasteiger partial charge in [-0.15, -0.1) is 11.8 Å². The van der Waals surface area contributed by atoms with Gasteiger partial charge in [-0.3, -0.25) is 19.7 Å². The zero-order valence-electron chi connectivity index (χ0n) is 15.3. The summed E-state index contributed by atoms with van der Waals surface area (Å²) in [4.78, 5) is 35.6. The van der Waals surface area contributed by atoms with E-state index in [0.717, 1.165) is 4.90 Å². The monoisotopic (exact) mass is 387 g/mol. The average Bonchev–Trinajstić information content (AvgIpc) is 2.62. The number of anilines is 2. The molecule has 142 valence electrons. The maximum atomic E-state index is 12.5. The molecule has 2 aromatic carbocycles. The van der Waals surface area contributed by atoms with E-state index in [1.54, 1.807) is 30.3 Å². The summed E-state index contributed by atoms with van der Waals surface area (Å²) >= 11 is 1.40. The summed E-state index contributed by atoms with van der Waals surface area (Å²) in [6.45, 7) is 3.92. The van der Waals surface area contributed by atoms with Gasteiger partial charge in [0.2, 0.25) is 5.91 Å². The van der Waals surface area contributed by atoms with E-state index in [1.165, 1.54) is 23.9 Å². The van der Waals surface area contributed by atoms with E-state index in [9.17, 15) is 19.7 Å². The molecule has 0 saturated carbocycles. The third-order valence-corrected chi connectivity index (χ3v) is 4.39. The van der Waals surface area contributed by atoms with E-state index >= 15 is 0 Å². The van der Waals surface area contributed by atoms with Crippen LogP contribution in [0.5, 0.6) is 0 Å². The molecule has 2 amide bonds. The number of hydrogen-bond donors (Lipinski definition) is 2. The fraction of sp³-hybridized carbons (Fsp3) is 0.263. The van der Waals surface area contributed by atoms with Crippen LogP contribution < -0.4 is 10.6 Å². The molecule has 0 fully saturated rings. The summed E-state index contributed by atoms with van der Waals surface area (Å²) in [5.41, 5.74) is 0.851. The summed E-state index contributed by atoms with van der Waals surface area (Å²) in [6.07, 6.45) is 2.25. The van der Waals surface area contributed by atoms with Crippen molar-refractivity contribution in [1.82, 2.24) is 0 Å². The van der Waals surface area contributed by atoms with E-state index in [2.05, 4.69) is 10.6 Å². The Balaban J connectivity index is 2.12. The highest BCUT2D eigenvalue weighted by atomic mass is 32.2. The van der Waals surface area contributed by atoms with Gasteiger partial charge in [0.25, 0.3) is 11.6 Å². The van der Waals surface area contributed by atoms with E-state index in [1.807, 2.05) is 20.1 Å². The van der Waals surface area contributed by atoms with Gasteiger partial charge in [-0.25, -0.2) is 0 Å². The molecule has 0 bridgehead atoms. The number of carbonyl (C=O) groups excluding carboxylic acids is 2. The van der Waals surface area contributed by atoms with Crippen LogP contribution in [0.15, 0.2) is 47.4 Å². The van der Waals surface area contributed by atoms with Crippen LogP contribution in [-0.4, -0.2) is 23.0 Å². The van der Waals surface area contributed by atoms with Crippen molar-refractivity contribution in [2.24, 2.45) is 5.92 Å². The first kappa shape index (κ1) is 20.4. The number of nitrogens with zero attached hydrogens (tertiary/aromatic N) is 1. The van der Waals surface area contributed by atoms with Crippen LogP contribution in [0.25, 0.3) is 0 Å². The minimum atomic E-state index is -0.577. The van der Waals surface area contributed by atoms with E-state index < -0.39 is 10.8 Å². The van der Waals surface area contributed by atoms with Crippen LogP contribution in [0.1, 0.15) is 30.6 Å². The van der Waals surface area contributed by atoms with E-state index in [0.29, 0.717) is 17.8 Å². The van der Waals surface area contributed by atoms with Crippen molar-refractivity contribution in [3.63, 3.8) is 0 Å². The van der Waals surface area contributed by atoms with Gasteiger partial charge in [-0.2, -0.15) is 0 Å². The molecule has 0 aromatic heterocycles. The molecule has 2 aromatic rings. The molecular formula is C19H21N3O4S. The zero-order valence-corrected chi connectivity index (χ0v) is 16.1. The molecule has 0 spiro atoms. The molecule has 0 radical (unpaired) electrons. The third kappa shape index (κ3) is 5.82. The fourth-order valence-corrected chi connectivity index (χ4v) is 2.84. The first-order chi connectivity index (χ1) is 12.8. The smallest absolute Gasteiger partial charge is 0.282 e. The maximum Gasteiger partial charge on any atom is 0.282 e. The lowest BCUT2D eigenvalue weighted by Gasteiger charge is -2.10. The molecule has 0 heterocycles. The molecule has 7 nitrogen and oxygen atoms in total. The normalized spacial score (nSPS) is 10.5. The Hall–Kier alpha value is -2.87. The minimum absolute atomic E-state index is 0.00108. The Labute approximate surface area is 161 Å². The van der Waals surface area contributed by atoms with Crippen molar-refractivity contribution < 1.29 is 14.5 Å². The molecule has 0 saturated heterocycles. The summed E-state index contributed by atoms with van der Waals surface area (Å²) in [7, 11) is 0. The maximum absolute atomic E-state index is 12.5. The van der Waals surface area contributed by atoms with Gasteiger partial charge in [0.05, 0.1) is 4.92 Å². The highest BCUT2D eigenvalue weighted by molar-refractivity contribution is 7.98. The molecule has 0 aliphatic heterocycles. The first-order valence-corrected chi connectivity index (χ1v) is 9.56. The number of carbonyl (C=O) groups is 2. The molecule has 8 heteroatoms. The van der Waals surface area contributed by atoms with Crippen molar-refractivity contribution in [2.75, 3.05) is 16.9 Å². The quantitative estimate of drug-likeness (QED) is 0.412. The van der Waals surface area contributed by atoms with Crippen LogP contribution >= 0.6 is 11.8 Å². The van der Waals surface area contributed by atoms with Crippen LogP contribution in [0.2, 0.25) is 0 Å². The lowest BCUT2D eigenvalue weighted by Crippen LogP contribution is -2.15. The zero-order chi connectivity index (χ0) is 20.0. The second kappa shape index (κ2) is 9.18. The number of rotatable bonds is 7. The van der Waals surface area contributed by atoms with Crippen LogP contribution in [-0.2, 0) is 4.79 Å². The molecule has 0 aliphatic rings. The lowest BCUT2D eigenvalue weighted by molar-refractivity contribution is -0.385. The van der Waals surface area contributed by atoms with Crippen molar-refractivity contribution >= 4 is 40.6 Å². The van der Waals surface area contributed by atoms with Crippen LogP contribution in [0.4, 0.5) is 17.1 Å². The largest absolute Gasteiger partial charge is 0.326 e. The van der Waals surface area contributed by atoms with Gasteiger partial charge < -0.3 is 10.6 Å². The van der Waals surface area contributed by atoms with Crippen molar-refractivity contribution in [3.05, 3.63) is 58.1 Å². The predicted molar refractivity (Wildman–Crippen MR) is 107 cm³/mol. The number of nitro groups is 1. The van der Waals surface area contributed by atoms with Crippen molar-refractivity contribution in [2.45, 2.75) is 25.2 Å². The Bertz CT molecular complexity index is 851. The molecule has 0 atom stereocenters. The number of hydrogen-bond acceptors (Lipinski definition) is 5. The number of nitrogens with one attached hydrogen (secondary N) is 2. The summed E-state index contributed by atoms with van der Waals surface area (Å²) < 4.78 is 0.